The van der Waals surface area contributed by atoms with Crippen molar-refractivity contribution in [3.8, 4) is 0 Å². The van der Waals surface area contributed by atoms with E-state index in [0.29, 0.717) is 19.7 Å². The summed E-state index contributed by atoms with van der Waals surface area (Å²) in [6.45, 7) is 1.63. The SMILES string of the molecule is O=C(OCc1ccccc1)N1CCC(c2ncn[nH]2)C1. The molecule has 2 heterocycles. The minimum absolute atomic E-state index is 0.224. The number of amides is 1. The van der Waals surface area contributed by atoms with Gasteiger partial charge in [0.15, 0.2) is 0 Å². The molecule has 2 aromatic rings. The monoisotopic (exact) mass is 272 g/mol. The number of carbonyl (C=O) groups excluding carboxylic acids is 1. The summed E-state index contributed by atoms with van der Waals surface area (Å²) in [7, 11) is 0. The quantitative estimate of drug-likeness (QED) is 0.926. The third-order valence-electron chi connectivity index (χ3n) is 3.47. The molecule has 1 amide bonds. The summed E-state index contributed by atoms with van der Waals surface area (Å²) >= 11 is 0. The van der Waals surface area contributed by atoms with E-state index in [1.54, 1.807) is 4.90 Å². The number of benzene rings is 1. The van der Waals surface area contributed by atoms with E-state index in [-0.39, 0.29) is 12.0 Å². The number of nitrogens with one attached hydrogen (secondary N) is 1. The molecule has 20 heavy (non-hydrogen) atoms. The third kappa shape index (κ3) is 2.79. The number of aromatic nitrogens is 3. The van der Waals surface area contributed by atoms with Crippen LogP contribution in [0.3, 0.4) is 0 Å². The molecule has 1 aliphatic rings. The van der Waals surface area contributed by atoms with Crippen LogP contribution in [0.15, 0.2) is 36.7 Å². The van der Waals surface area contributed by atoms with Crippen LogP contribution in [0, 0.1) is 0 Å². The highest BCUT2D eigenvalue weighted by Crippen LogP contribution is 2.24. The van der Waals surface area contributed by atoms with Gasteiger partial charge in [-0.2, -0.15) is 5.10 Å². The first-order chi connectivity index (χ1) is 9.83. The Kier molecular flexibility index (Phi) is 3.62. The fourth-order valence-corrected chi connectivity index (χ4v) is 2.37. The maximum atomic E-state index is 12.0. The number of hydrogen-bond donors (Lipinski definition) is 1. The zero-order valence-corrected chi connectivity index (χ0v) is 11.0. The van der Waals surface area contributed by atoms with Crippen LogP contribution in [0.2, 0.25) is 0 Å². The summed E-state index contributed by atoms with van der Waals surface area (Å²) in [5.41, 5.74) is 0.992. The number of nitrogens with zero attached hydrogens (tertiary/aromatic N) is 3. The van der Waals surface area contributed by atoms with Crippen LogP contribution in [0.25, 0.3) is 0 Å². The first kappa shape index (κ1) is 12.7. The van der Waals surface area contributed by atoms with Crippen molar-refractivity contribution in [1.82, 2.24) is 20.1 Å². The second kappa shape index (κ2) is 5.73. The van der Waals surface area contributed by atoms with Gasteiger partial charge in [-0.05, 0) is 12.0 Å². The molecule has 0 aliphatic carbocycles. The van der Waals surface area contributed by atoms with Gasteiger partial charge < -0.3 is 9.64 Å². The maximum Gasteiger partial charge on any atom is 0.410 e. The van der Waals surface area contributed by atoms with Crippen molar-refractivity contribution >= 4 is 6.09 Å². The number of likely N-dealkylation sites (tertiary alicyclic amines) is 1. The number of ether oxygens (including phenoxy) is 1. The van der Waals surface area contributed by atoms with Crippen LogP contribution in [-0.4, -0.2) is 39.3 Å². The van der Waals surface area contributed by atoms with Crippen molar-refractivity contribution in [1.29, 1.82) is 0 Å². The molecule has 6 heteroatoms. The summed E-state index contributed by atoms with van der Waals surface area (Å²) in [6, 6.07) is 9.68. The summed E-state index contributed by atoms with van der Waals surface area (Å²) in [5, 5.41) is 6.70. The molecule has 0 spiro atoms. The van der Waals surface area contributed by atoms with E-state index in [1.165, 1.54) is 6.33 Å². The molecule has 1 aliphatic heterocycles. The minimum Gasteiger partial charge on any atom is -0.445 e. The van der Waals surface area contributed by atoms with Crippen LogP contribution in [0.4, 0.5) is 4.79 Å². The van der Waals surface area contributed by atoms with Crippen molar-refractivity contribution in [2.75, 3.05) is 13.1 Å². The molecule has 0 saturated carbocycles. The van der Waals surface area contributed by atoms with Crippen LogP contribution in [0.5, 0.6) is 0 Å². The summed E-state index contributed by atoms with van der Waals surface area (Å²) in [4.78, 5) is 17.8. The van der Waals surface area contributed by atoms with Crippen LogP contribution in [-0.2, 0) is 11.3 Å². The minimum atomic E-state index is -0.268. The molecule has 6 nitrogen and oxygen atoms in total. The highest BCUT2D eigenvalue weighted by Gasteiger charge is 2.29. The molecule has 1 fully saturated rings. The second-order valence-corrected chi connectivity index (χ2v) is 4.84. The first-order valence-corrected chi connectivity index (χ1v) is 6.64. The Hall–Kier alpha value is -2.37. The Labute approximate surface area is 116 Å². The molecular formula is C14H16N4O2. The molecule has 0 radical (unpaired) electrons. The summed E-state index contributed by atoms with van der Waals surface area (Å²) in [6.07, 6.45) is 2.11. The Bertz CT molecular complexity index is 556. The number of aromatic amines is 1. The summed E-state index contributed by atoms with van der Waals surface area (Å²) in [5.74, 6) is 1.06. The van der Waals surface area contributed by atoms with E-state index < -0.39 is 0 Å². The average molecular weight is 272 g/mol. The normalized spacial score (nSPS) is 18.2. The molecule has 1 aromatic carbocycles. The molecule has 1 N–H and O–H groups in total. The van der Waals surface area contributed by atoms with Crippen molar-refractivity contribution in [2.24, 2.45) is 0 Å². The smallest absolute Gasteiger partial charge is 0.410 e. The number of carbonyl (C=O) groups is 1. The standard InChI is InChI=1S/C14H16N4O2/c19-14(20-9-11-4-2-1-3-5-11)18-7-6-12(8-18)13-15-10-16-17-13/h1-5,10,12H,6-9H2,(H,15,16,17). The van der Waals surface area contributed by atoms with Crippen molar-refractivity contribution < 1.29 is 9.53 Å². The largest absolute Gasteiger partial charge is 0.445 e. The van der Waals surface area contributed by atoms with Gasteiger partial charge in [0.2, 0.25) is 0 Å². The van der Waals surface area contributed by atoms with Gasteiger partial charge >= 0.3 is 6.09 Å². The molecule has 0 bridgehead atoms. The Morgan fingerprint density at radius 1 is 1.40 bits per heavy atom. The zero-order valence-electron chi connectivity index (χ0n) is 11.0. The van der Waals surface area contributed by atoms with E-state index >= 15 is 0 Å². The van der Waals surface area contributed by atoms with E-state index in [4.69, 9.17) is 4.74 Å². The highest BCUT2D eigenvalue weighted by atomic mass is 16.6. The van der Waals surface area contributed by atoms with Gasteiger partial charge in [0, 0.05) is 19.0 Å². The number of H-pyrrole nitrogens is 1. The molecular weight excluding hydrogens is 256 g/mol. The van der Waals surface area contributed by atoms with Crippen LogP contribution >= 0.6 is 0 Å². The van der Waals surface area contributed by atoms with Gasteiger partial charge in [-0.1, -0.05) is 30.3 Å². The van der Waals surface area contributed by atoms with Crippen LogP contribution < -0.4 is 0 Å². The van der Waals surface area contributed by atoms with Gasteiger partial charge in [0.05, 0.1) is 0 Å². The second-order valence-electron chi connectivity index (χ2n) is 4.84. The average Bonchev–Trinajstić information content (AvgIpc) is 3.16. The topological polar surface area (TPSA) is 71.1 Å². The lowest BCUT2D eigenvalue weighted by atomic mass is 10.1. The predicted octanol–water partition coefficient (Wildman–Crippen LogP) is 1.93. The maximum absolute atomic E-state index is 12.0. The fraction of sp³-hybridized carbons (Fsp3) is 0.357. The lowest BCUT2D eigenvalue weighted by molar-refractivity contribution is 0.104. The Morgan fingerprint density at radius 2 is 2.25 bits per heavy atom. The number of rotatable bonds is 3. The van der Waals surface area contributed by atoms with E-state index in [2.05, 4.69) is 15.2 Å². The lowest BCUT2D eigenvalue weighted by Gasteiger charge is -2.15. The molecule has 1 aromatic heterocycles. The molecule has 3 rings (SSSR count). The van der Waals surface area contributed by atoms with Crippen molar-refractivity contribution in [2.45, 2.75) is 18.9 Å². The molecule has 1 saturated heterocycles. The van der Waals surface area contributed by atoms with E-state index in [9.17, 15) is 4.79 Å². The van der Waals surface area contributed by atoms with Crippen LogP contribution in [0.1, 0.15) is 23.7 Å². The number of hydrogen-bond acceptors (Lipinski definition) is 4. The van der Waals surface area contributed by atoms with Gasteiger partial charge in [-0.15, -0.1) is 0 Å². The van der Waals surface area contributed by atoms with E-state index in [0.717, 1.165) is 17.8 Å². The van der Waals surface area contributed by atoms with Gasteiger partial charge in [-0.25, -0.2) is 9.78 Å². The fourth-order valence-electron chi connectivity index (χ4n) is 2.37. The Morgan fingerprint density at radius 3 is 3.00 bits per heavy atom. The Balaban J connectivity index is 1.51. The molecule has 1 unspecified atom stereocenters. The van der Waals surface area contributed by atoms with E-state index in [1.807, 2.05) is 30.3 Å². The first-order valence-electron chi connectivity index (χ1n) is 6.64. The van der Waals surface area contributed by atoms with Gasteiger partial charge in [0.1, 0.15) is 18.8 Å². The van der Waals surface area contributed by atoms with Gasteiger partial charge in [-0.3, -0.25) is 5.10 Å². The van der Waals surface area contributed by atoms with Crippen molar-refractivity contribution in [3.05, 3.63) is 48.0 Å². The molecule has 1 atom stereocenters. The predicted molar refractivity (Wildman–Crippen MR) is 71.9 cm³/mol. The molecule has 104 valence electrons. The zero-order chi connectivity index (χ0) is 13.8. The highest BCUT2D eigenvalue weighted by molar-refractivity contribution is 5.68. The van der Waals surface area contributed by atoms with Gasteiger partial charge in [0.25, 0.3) is 0 Å². The third-order valence-corrected chi connectivity index (χ3v) is 3.47. The lowest BCUT2D eigenvalue weighted by Crippen LogP contribution is -2.29. The van der Waals surface area contributed by atoms with Crippen molar-refractivity contribution in [3.63, 3.8) is 0 Å². The summed E-state index contributed by atoms with van der Waals surface area (Å²) < 4.78 is 5.32.